The number of benzene rings is 1. The van der Waals surface area contributed by atoms with E-state index in [1.807, 2.05) is 18.2 Å². The van der Waals surface area contributed by atoms with Gasteiger partial charge in [-0.05, 0) is 42.7 Å². The summed E-state index contributed by atoms with van der Waals surface area (Å²) < 4.78 is 27.3. The quantitative estimate of drug-likeness (QED) is 0.866. The van der Waals surface area contributed by atoms with Crippen molar-refractivity contribution < 1.29 is 8.42 Å². The fourth-order valence-corrected chi connectivity index (χ4v) is 3.88. The van der Waals surface area contributed by atoms with Crippen molar-refractivity contribution in [2.45, 2.75) is 24.3 Å². The molecule has 1 aromatic carbocycles. The van der Waals surface area contributed by atoms with E-state index >= 15 is 0 Å². The maximum atomic E-state index is 12.4. The van der Waals surface area contributed by atoms with Crippen LogP contribution >= 0.6 is 11.6 Å². The second kappa shape index (κ2) is 7.40. The Labute approximate surface area is 152 Å². The molecule has 3 rings (SSSR count). The van der Waals surface area contributed by atoms with Gasteiger partial charge >= 0.3 is 0 Å². The maximum Gasteiger partial charge on any atom is 0.240 e. The number of halogens is 1. The molecule has 1 aromatic heterocycles. The molecule has 1 aliphatic rings. The average molecular weight is 377 g/mol. The zero-order chi connectivity index (χ0) is 17.9. The van der Waals surface area contributed by atoms with E-state index in [9.17, 15) is 8.42 Å². The molecule has 130 valence electrons. The molecule has 25 heavy (non-hydrogen) atoms. The molecule has 1 N–H and O–H groups in total. The molecule has 0 atom stereocenters. The lowest BCUT2D eigenvalue weighted by molar-refractivity contribution is 0.581. The molecule has 0 bridgehead atoms. The van der Waals surface area contributed by atoms with Crippen LogP contribution in [0.4, 0.5) is 5.82 Å². The number of nitrogens with one attached hydrogen (secondary N) is 1. The normalized spacial score (nSPS) is 14.5. The highest BCUT2D eigenvalue weighted by molar-refractivity contribution is 7.89. The van der Waals surface area contributed by atoms with Crippen molar-refractivity contribution >= 4 is 27.4 Å². The summed E-state index contributed by atoms with van der Waals surface area (Å²) >= 11 is 5.84. The van der Waals surface area contributed by atoms with Gasteiger partial charge in [-0.3, -0.25) is 0 Å². The van der Waals surface area contributed by atoms with Gasteiger partial charge in [0.05, 0.1) is 15.5 Å². The lowest BCUT2D eigenvalue weighted by Crippen LogP contribution is -2.23. The van der Waals surface area contributed by atoms with E-state index in [2.05, 4.69) is 14.6 Å². The molecule has 1 fully saturated rings. The molecule has 2 heterocycles. The minimum Gasteiger partial charge on any atom is -0.357 e. The van der Waals surface area contributed by atoms with Crippen molar-refractivity contribution in [3.05, 3.63) is 52.7 Å². The maximum absolute atomic E-state index is 12.4. The van der Waals surface area contributed by atoms with E-state index in [-0.39, 0.29) is 22.0 Å². The number of aromatic nitrogens is 1. The largest absolute Gasteiger partial charge is 0.357 e. The molecule has 1 saturated heterocycles. The van der Waals surface area contributed by atoms with Gasteiger partial charge in [0.15, 0.2) is 0 Å². The molecule has 6 nitrogen and oxygen atoms in total. The first kappa shape index (κ1) is 17.7. The number of rotatable bonds is 5. The lowest BCUT2D eigenvalue weighted by Gasteiger charge is -2.16. The molecular weight excluding hydrogens is 360 g/mol. The van der Waals surface area contributed by atoms with Crippen molar-refractivity contribution in [1.29, 1.82) is 5.26 Å². The molecular formula is C17H17ClN4O2S. The number of hydrogen-bond acceptors (Lipinski definition) is 5. The highest BCUT2D eigenvalue weighted by Crippen LogP contribution is 2.20. The van der Waals surface area contributed by atoms with Gasteiger partial charge in [-0.1, -0.05) is 17.7 Å². The van der Waals surface area contributed by atoms with Crippen molar-refractivity contribution in [2.75, 3.05) is 18.0 Å². The predicted molar refractivity (Wildman–Crippen MR) is 95.9 cm³/mol. The molecule has 0 unspecified atom stereocenters. The van der Waals surface area contributed by atoms with Crippen LogP contribution in [0.5, 0.6) is 0 Å². The van der Waals surface area contributed by atoms with Crippen molar-refractivity contribution in [1.82, 2.24) is 9.71 Å². The predicted octanol–water partition coefficient (Wildman–Crippen LogP) is 2.69. The van der Waals surface area contributed by atoms with Crippen LogP contribution in [0.25, 0.3) is 0 Å². The van der Waals surface area contributed by atoms with Gasteiger partial charge in [-0.15, -0.1) is 0 Å². The van der Waals surface area contributed by atoms with Gasteiger partial charge in [0, 0.05) is 25.8 Å². The first-order valence-electron chi connectivity index (χ1n) is 7.89. The Balaban J connectivity index is 1.69. The zero-order valence-corrected chi connectivity index (χ0v) is 15.0. The number of pyridine rings is 1. The Morgan fingerprint density at radius 1 is 1.24 bits per heavy atom. The number of nitrogens with zero attached hydrogens (tertiary/aromatic N) is 3. The second-order valence-electron chi connectivity index (χ2n) is 5.80. The fraction of sp³-hybridized carbons (Fsp3) is 0.294. The Hall–Kier alpha value is -2.14. The molecule has 1 aliphatic heterocycles. The number of sulfonamides is 1. The second-order valence-corrected chi connectivity index (χ2v) is 7.97. The van der Waals surface area contributed by atoms with E-state index in [1.165, 1.54) is 31.0 Å². The van der Waals surface area contributed by atoms with Gasteiger partial charge in [0.1, 0.15) is 11.9 Å². The summed E-state index contributed by atoms with van der Waals surface area (Å²) in [7, 11) is -3.73. The summed E-state index contributed by atoms with van der Waals surface area (Å²) in [4.78, 5) is 6.63. The summed E-state index contributed by atoms with van der Waals surface area (Å²) in [6.07, 6.45) is 4.03. The smallest absolute Gasteiger partial charge is 0.240 e. The number of anilines is 1. The molecule has 2 aromatic rings. The van der Waals surface area contributed by atoms with Crippen LogP contribution in [-0.2, 0) is 16.6 Å². The fourth-order valence-electron chi connectivity index (χ4n) is 2.67. The zero-order valence-electron chi connectivity index (χ0n) is 13.4. The Morgan fingerprint density at radius 3 is 2.64 bits per heavy atom. The topological polar surface area (TPSA) is 86.1 Å². The van der Waals surface area contributed by atoms with Crippen LogP contribution in [0.15, 0.2) is 41.4 Å². The third-order valence-electron chi connectivity index (χ3n) is 4.07. The summed E-state index contributed by atoms with van der Waals surface area (Å²) in [6, 6.07) is 9.69. The van der Waals surface area contributed by atoms with Crippen molar-refractivity contribution in [3.8, 4) is 6.07 Å². The van der Waals surface area contributed by atoms with Crippen LogP contribution in [0.2, 0.25) is 5.02 Å². The first-order valence-corrected chi connectivity index (χ1v) is 9.75. The van der Waals surface area contributed by atoms with Crippen LogP contribution in [0.3, 0.4) is 0 Å². The van der Waals surface area contributed by atoms with Gasteiger partial charge in [0.25, 0.3) is 0 Å². The van der Waals surface area contributed by atoms with Gasteiger partial charge in [0.2, 0.25) is 10.0 Å². The van der Waals surface area contributed by atoms with E-state index in [1.54, 1.807) is 6.20 Å². The third-order valence-corrected chi connectivity index (χ3v) is 5.80. The first-order chi connectivity index (χ1) is 12.0. The molecule has 0 saturated carbocycles. The third kappa shape index (κ3) is 4.10. The van der Waals surface area contributed by atoms with Gasteiger partial charge < -0.3 is 4.90 Å². The summed E-state index contributed by atoms with van der Waals surface area (Å²) in [5, 5.41) is 9.20. The van der Waals surface area contributed by atoms with Crippen molar-refractivity contribution in [2.24, 2.45) is 0 Å². The van der Waals surface area contributed by atoms with E-state index in [4.69, 9.17) is 16.9 Å². The average Bonchev–Trinajstić information content (AvgIpc) is 3.15. The summed E-state index contributed by atoms with van der Waals surface area (Å²) in [5.74, 6) is 0.917. The van der Waals surface area contributed by atoms with E-state index in [0.717, 1.165) is 24.5 Å². The minimum atomic E-state index is -3.73. The highest BCUT2D eigenvalue weighted by atomic mass is 35.5. The highest BCUT2D eigenvalue weighted by Gasteiger charge is 2.16. The standard InChI is InChI=1S/C17H17ClN4O2S/c18-16-5-4-15(9-14(16)10-19)25(23,24)21-12-13-3-6-17(20-11-13)22-7-1-2-8-22/h3-6,9,11,21H,1-2,7-8,12H2. The number of hydrogen-bond donors (Lipinski definition) is 1. The molecule has 0 radical (unpaired) electrons. The van der Waals surface area contributed by atoms with Crippen LogP contribution in [0, 0.1) is 11.3 Å². The number of nitriles is 1. The lowest BCUT2D eigenvalue weighted by atomic mass is 10.2. The van der Waals surface area contributed by atoms with E-state index in [0.29, 0.717) is 0 Å². The van der Waals surface area contributed by atoms with E-state index < -0.39 is 10.0 Å². The van der Waals surface area contributed by atoms with Crippen LogP contribution < -0.4 is 9.62 Å². The Kier molecular flexibility index (Phi) is 5.23. The molecule has 0 spiro atoms. The van der Waals surface area contributed by atoms with Gasteiger partial charge in [-0.25, -0.2) is 18.1 Å². The van der Waals surface area contributed by atoms with Gasteiger partial charge in [-0.2, -0.15) is 5.26 Å². The molecule has 0 aliphatic carbocycles. The van der Waals surface area contributed by atoms with Crippen LogP contribution in [-0.4, -0.2) is 26.5 Å². The van der Waals surface area contributed by atoms with Crippen LogP contribution in [0.1, 0.15) is 24.0 Å². The van der Waals surface area contributed by atoms with Crippen molar-refractivity contribution in [3.63, 3.8) is 0 Å². The SMILES string of the molecule is N#Cc1cc(S(=O)(=O)NCc2ccc(N3CCCC3)nc2)ccc1Cl. The Bertz CT molecular complexity index is 901. The minimum absolute atomic E-state index is 0.00935. The monoisotopic (exact) mass is 376 g/mol. The summed E-state index contributed by atoms with van der Waals surface area (Å²) in [5.41, 5.74) is 0.891. The summed E-state index contributed by atoms with van der Waals surface area (Å²) in [6.45, 7) is 2.15. The molecule has 0 amide bonds. The Morgan fingerprint density at radius 2 is 2.00 bits per heavy atom. The molecule has 8 heteroatoms.